The summed E-state index contributed by atoms with van der Waals surface area (Å²) in [6.45, 7) is 5.47. The summed E-state index contributed by atoms with van der Waals surface area (Å²) in [5.41, 5.74) is 8.08. The minimum absolute atomic E-state index is 0.203. The maximum atomic E-state index is 11.8. The van der Waals surface area contributed by atoms with E-state index in [4.69, 9.17) is 20.4 Å². The van der Waals surface area contributed by atoms with Crippen LogP contribution in [0.3, 0.4) is 0 Å². The van der Waals surface area contributed by atoms with Crippen LogP contribution in [0.5, 0.6) is 5.75 Å². The molecular formula is C19H23BrN6O4. The van der Waals surface area contributed by atoms with Crippen molar-refractivity contribution in [2.24, 2.45) is 0 Å². The van der Waals surface area contributed by atoms with Crippen LogP contribution >= 0.6 is 15.9 Å². The number of benzene rings is 1. The van der Waals surface area contributed by atoms with E-state index in [0.29, 0.717) is 17.0 Å². The molecule has 1 aromatic carbocycles. The van der Waals surface area contributed by atoms with E-state index in [0.717, 1.165) is 42.1 Å². The van der Waals surface area contributed by atoms with Crippen molar-refractivity contribution in [2.45, 2.75) is 33.5 Å². The van der Waals surface area contributed by atoms with Crippen LogP contribution in [-0.2, 0) is 29.2 Å². The molecule has 0 saturated heterocycles. The number of carbonyl (C=O) groups is 2. The Morgan fingerprint density at radius 3 is 2.63 bits per heavy atom. The van der Waals surface area contributed by atoms with E-state index >= 15 is 0 Å². The van der Waals surface area contributed by atoms with Crippen molar-refractivity contribution >= 4 is 51.5 Å². The number of rotatable bonds is 7. The van der Waals surface area contributed by atoms with Gasteiger partial charge in [-0.25, -0.2) is 19.1 Å². The van der Waals surface area contributed by atoms with Crippen LogP contribution in [-0.4, -0.2) is 34.5 Å². The largest absolute Gasteiger partial charge is 0.554 e. The molecule has 0 unspecified atom stereocenters. The summed E-state index contributed by atoms with van der Waals surface area (Å²) >= 11 is 3.28. The van der Waals surface area contributed by atoms with Crippen molar-refractivity contribution in [3.05, 3.63) is 34.8 Å². The molecule has 11 heteroatoms. The van der Waals surface area contributed by atoms with Gasteiger partial charge in [-0.05, 0) is 41.9 Å². The molecule has 160 valence electrons. The molecule has 0 aliphatic carbocycles. The monoisotopic (exact) mass is 478 g/mol. The second kappa shape index (κ2) is 10.5. The van der Waals surface area contributed by atoms with Gasteiger partial charge < -0.3 is 20.4 Å². The highest BCUT2D eigenvalue weighted by atomic mass is 79.9. The third kappa shape index (κ3) is 4.67. The molecule has 0 bridgehead atoms. The van der Waals surface area contributed by atoms with E-state index in [1.165, 1.54) is 11.1 Å². The van der Waals surface area contributed by atoms with E-state index in [9.17, 15) is 4.79 Å². The Balaban J connectivity index is 0.00000101. The maximum Gasteiger partial charge on any atom is 0.277 e. The first-order chi connectivity index (χ1) is 14.4. The fourth-order valence-electron chi connectivity index (χ4n) is 3.27. The van der Waals surface area contributed by atoms with E-state index < -0.39 is 6.47 Å². The van der Waals surface area contributed by atoms with Gasteiger partial charge in [0.2, 0.25) is 6.41 Å². The minimum atomic E-state index is -0.500. The summed E-state index contributed by atoms with van der Waals surface area (Å²) in [5.74, 6) is 2.29. The zero-order chi connectivity index (χ0) is 22.3. The molecule has 3 rings (SSSR count). The van der Waals surface area contributed by atoms with Crippen LogP contribution in [0.25, 0.3) is 11.0 Å². The Labute approximate surface area is 182 Å². The number of imidazole rings is 1. The molecule has 0 saturated carbocycles. The number of halogens is 1. The smallest absolute Gasteiger partial charge is 0.277 e. The SMILES string of the molecule is CCn1c(CN(C=O)c2nc(Br)cnc2N)[n+](CC)c2ccc(OC)cc21.O=C[O-]. The second-order valence-electron chi connectivity index (χ2n) is 5.99. The van der Waals surface area contributed by atoms with Gasteiger partial charge in [-0.3, -0.25) is 9.69 Å². The van der Waals surface area contributed by atoms with Crippen molar-refractivity contribution in [3.63, 3.8) is 0 Å². The number of nitrogen functional groups attached to an aromatic ring is 1. The molecule has 1 amide bonds. The highest BCUT2D eigenvalue weighted by Crippen LogP contribution is 2.24. The van der Waals surface area contributed by atoms with Gasteiger partial charge in [-0.1, -0.05) is 0 Å². The van der Waals surface area contributed by atoms with Crippen LogP contribution < -0.4 is 25.0 Å². The van der Waals surface area contributed by atoms with Crippen molar-refractivity contribution in [1.29, 1.82) is 0 Å². The minimum Gasteiger partial charge on any atom is -0.554 e. The zero-order valence-electron chi connectivity index (χ0n) is 16.9. The molecule has 0 fully saturated rings. The molecule has 0 radical (unpaired) electrons. The number of fused-ring (bicyclic) bond motifs is 1. The fourth-order valence-corrected chi connectivity index (χ4v) is 3.54. The van der Waals surface area contributed by atoms with Crippen LogP contribution in [0.4, 0.5) is 11.6 Å². The standard InChI is InChI=1S/C18H22BrN6O2.CH2O2/c1-4-24-13-7-6-12(27-3)8-14(13)25(5-2)16(24)10-23(11-26)18-17(20)21-9-15(19)22-18;2-1-3/h6-9,11H,4-5,10H2,1-3H3,(H2,20,21);1H,(H,2,3)/q+1;/p-1. The summed E-state index contributed by atoms with van der Waals surface area (Å²) < 4.78 is 10.2. The van der Waals surface area contributed by atoms with E-state index in [1.807, 2.05) is 18.2 Å². The van der Waals surface area contributed by atoms with Gasteiger partial charge in [0.1, 0.15) is 16.9 Å². The molecule has 0 aliphatic rings. The van der Waals surface area contributed by atoms with Gasteiger partial charge in [-0.2, -0.15) is 0 Å². The lowest BCUT2D eigenvalue weighted by molar-refractivity contribution is -0.676. The lowest BCUT2D eigenvalue weighted by Gasteiger charge is -2.16. The number of nitrogens with two attached hydrogens (primary N) is 1. The number of ether oxygens (including phenoxy) is 1. The first-order valence-corrected chi connectivity index (χ1v) is 9.89. The van der Waals surface area contributed by atoms with Crippen molar-refractivity contribution in [3.8, 4) is 5.75 Å². The molecule has 0 aliphatic heterocycles. The number of anilines is 2. The first kappa shape index (κ1) is 23.1. The molecule has 10 nitrogen and oxygen atoms in total. The lowest BCUT2D eigenvalue weighted by atomic mass is 10.3. The number of carboxylic acid groups (broad SMARTS) is 1. The van der Waals surface area contributed by atoms with Crippen LogP contribution in [0.15, 0.2) is 29.0 Å². The van der Waals surface area contributed by atoms with Crippen molar-refractivity contribution in [1.82, 2.24) is 14.5 Å². The predicted octanol–water partition coefficient (Wildman–Crippen LogP) is 0.641. The molecule has 2 aromatic heterocycles. The highest BCUT2D eigenvalue weighted by Gasteiger charge is 2.27. The van der Waals surface area contributed by atoms with Gasteiger partial charge in [0.25, 0.3) is 5.82 Å². The van der Waals surface area contributed by atoms with E-state index in [1.54, 1.807) is 7.11 Å². The number of hydrogen-bond donors (Lipinski definition) is 1. The zero-order valence-corrected chi connectivity index (χ0v) is 18.5. The van der Waals surface area contributed by atoms with Crippen molar-refractivity contribution < 1.29 is 24.0 Å². The van der Waals surface area contributed by atoms with Gasteiger partial charge >= 0.3 is 0 Å². The summed E-state index contributed by atoms with van der Waals surface area (Å²) in [6.07, 6.45) is 2.23. The van der Waals surface area contributed by atoms with Gasteiger partial charge in [-0.15, -0.1) is 0 Å². The lowest BCUT2D eigenvalue weighted by Crippen LogP contribution is -2.40. The Kier molecular flexibility index (Phi) is 8.10. The fraction of sp³-hybridized carbons (Fsp3) is 0.316. The first-order valence-electron chi connectivity index (χ1n) is 9.10. The van der Waals surface area contributed by atoms with Gasteiger partial charge in [0.15, 0.2) is 22.7 Å². The third-order valence-electron chi connectivity index (χ3n) is 4.48. The number of methoxy groups -OCH3 is 1. The molecule has 0 atom stereocenters. The Morgan fingerprint density at radius 1 is 1.37 bits per heavy atom. The maximum absolute atomic E-state index is 11.8. The van der Waals surface area contributed by atoms with E-state index in [-0.39, 0.29) is 5.82 Å². The van der Waals surface area contributed by atoms with Crippen LogP contribution in [0, 0.1) is 0 Å². The second-order valence-corrected chi connectivity index (χ2v) is 6.80. The number of aromatic nitrogens is 4. The van der Waals surface area contributed by atoms with Crippen LogP contribution in [0.2, 0.25) is 0 Å². The number of amides is 1. The highest BCUT2D eigenvalue weighted by molar-refractivity contribution is 9.10. The van der Waals surface area contributed by atoms with Gasteiger partial charge in [0, 0.05) is 12.5 Å². The Hall–Kier alpha value is -3.21. The summed E-state index contributed by atoms with van der Waals surface area (Å²) in [5, 5.41) is 8.25. The average molecular weight is 479 g/mol. The Morgan fingerprint density at radius 2 is 2.07 bits per heavy atom. The molecule has 0 spiro atoms. The topological polar surface area (TPSA) is 130 Å². The number of nitrogens with zero attached hydrogens (tertiary/aromatic N) is 5. The quantitative estimate of drug-likeness (QED) is 0.389. The van der Waals surface area contributed by atoms with E-state index in [2.05, 4.69) is 48.9 Å². The predicted molar refractivity (Wildman–Crippen MR) is 112 cm³/mol. The average Bonchev–Trinajstić information content (AvgIpc) is 3.05. The number of aryl methyl sites for hydroxylation is 2. The molecule has 3 aromatic rings. The summed E-state index contributed by atoms with van der Waals surface area (Å²) in [6, 6.07) is 5.98. The van der Waals surface area contributed by atoms with Crippen LogP contribution in [0.1, 0.15) is 19.7 Å². The number of carbonyl (C=O) groups excluding carboxylic acids is 2. The molecule has 30 heavy (non-hydrogen) atoms. The normalized spacial score (nSPS) is 10.3. The van der Waals surface area contributed by atoms with Gasteiger partial charge in [0.05, 0.1) is 26.4 Å². The van der Waals surface area contributed by atoms with Crippen molar-refractivity contribution in [2.75, 3.05) is 17.7 Å². The Bertz CT molecular complexity index is 1040. The molecule has 2 heterocycles. The molecule has 2 N–H and O–H groups in total. The summed E-state index contributed by atoms with van der Waals surface area (Å²) in [4.78, 5) is 30.0. The third-order valence-corrected chi connectivity index (χ3v) is 4.86. The molecular weight excluding hydrogens is 456 g/mol. The number of hydrogen-bond acceptors (Lipinski definition) is 7. The summed E-state index contributed by atoms with van der Waals surface area (Å²) in [7, 11) is 1.65.